The third-order valence-corrected chi connectivity index (χ3v) is 3.42. The molecule has 6 nitrogen and oxygen atoms in total. The van der Waals surface area contributed by atoms with E-state index in [1.807, 2.05) is 31.2 Å². The first-order valence-electron chi connectivity index (χ1n) is 7.14. The van der Waals surface area contributed by atoms with Crippen LogP contribution in [-0.4, -0.2) is 25.8 Å². The number of nitrogens with zero attached hydrogens (tertiary/aromatic N) is 3. The van der Waals surface area contributed by atoms with Crippen LogP contribution in [0.2, 0.25) is 0 Å². The summed E-state index contributed by atoms with van der Waals surface area (Å²) in [6.07, 6.45) is 3.14. The van der Waals surface area contributed by atoms with Crippen LogP contribution in [0.4, 0.5) is 5.69 Å². The quantitative estimate of drug-likeness (QED) is 0.776. The zero-order chi connectivity index (χ0) is 16.2. The number of hydrogen-bond donors (Lipinski definition) is 2. The molecule has 0 aliphatic heterocycles. The predicted molar refractivity (Wildman–Crippen MR) is 86.4 cm³/mol. The molecule has 0 saturated heterocycles. The number of phenolic OH excluding ortho intramolecular Hbond substituents is 1. The van der Waals surface area contributed by atoms with Crippen molar-refractivity contribution in [2.24, 2.45) is 0 Å². The predicted octanol–water partition coefficient (Wildman–Crippen LogP) is 2.59. The van der Waals surface area contributed by atoms with Gasteiger partial charge >= 0.3 is 0 Å². The first-order chi connectivity index (χ1) is 11.1. The van der Waals surface area contributed by atoms with E-state index in [4.69, 9.17) is 0 Å². The van der Waals surface area contributed by atoms with Gasteiger partial charge in [-0.05, 0) is 36.8 Å². The maximum absolute atomic E-state index is 12.2. The maximum Gasteiger partial charge on any atom is 0.259 e. The fourth-order valence-corrected chi connectivity index (χ4v) is 2.23. The van der Waals surface area contributed by atoms with Crippen molar-refractivity contribution in [1.29, 1.82) is 0 Å². The van der Waals surface area contributed by atoms with Crippen LogP contribution in [0.25, 0.3) is 0 Å². The monoisotopic (exact) mass is 308 g/mol. The second-order valence-corrected chi connectivity index (χ2v) is 5.26. The van der Waals surface area contributed by atoms with Crippen LogP contribution in [0.15, 0.2) is 55.1 Å². The Morgan fingerprint density at radius 3 is 2.70 bits per heavy atom. The molecule has 0 fully saturated rings. The highest BCUT2D eigenvalue weighted by molar-refractivity contribution is 6.06. The second-order valence-electron chi connectivity index (χ2n) is 5.26. The van der Waals surface area contributed by atoms with Crippen molar-refractivity contribution in [3.8, 4) is 5.75 Å². The van der Waals surface area contributed by atoms with Gasteiger partial charge in [0.1, 0.15) is 18.4 Å². The molecular weight excluding hydrogens is 292 g/mol. The number of phenols is 1. The molecule has 1 amide bonds. The lowest BCUT2D eigenvalue weighted by Crippen LogP contribution is -2.12. The van der Waals surface area contributed by atoms with Gasteiger partial charge in [0.25, 0.3) is 5.91 Å². The number of hydrogen-bond acceptors (Lipinski definition) is 4. The number of nitrogens with one attached hydrogen (secondary N) is 1. The van der Waals surface area contributed by atoms with E-state index < -0.39 is 0 Å². The normalized spacial score (nSPS) is 10.5. The van der Waals surface area contributed by atoms with E-state index in [-0.39, 0.29) is 17.2 Å². The summed E-state index contributed by atoms with van der Waals surface area (Å²) in [5.41, 5.74) is 2.89. The number of rotatable bonds is 4. The van der Waals surface area contributed by atoms with Gasteiger partial charge in [0, 0.05) is 5.69 Å². The van der Waals surface area contributed by atoms with Crippen molar-refractivity contribution in [2.45, 2.75) is 13.5 Å². The molecule has 23 heavy (non-hydrogen) atoms. The summed E-state index contributed by atoms with van der Waals surface area (Å²) in [6.45, 7) is 2.49. The molecule has 1 heterocycles. The van der Waals surface area contributed by atoms with Gasteiger partial charge in [-0.1, -0.05) is 23.8 Å². The maximum atomic E-state index is 12.2. The van der Waals surface area contributed by atoms with Crippen LogP contribution >= 0.6 is 0 Å². The smallest absolute Gasteiger partial charge is 0.259 e. The van der Waals surface area contributed by atoms with Gasteiger partial charge in [0.15, 0.2) is 0 Å². The largest absolute Gasteiger partial charge is 0.507 e. The molecule has 116 valence electrons. The molecule has 2 aromatic carbocycles. The van der Waals surface area contributed by atoms with Gasteiger partial charge in [-0.15, -0.1) is 0 Å². The Kier molecular flexibility index (Phi) is 4.05. The lowest BCUT2D eigenvalue weighted by molar-refractivity contribution is 0.102. The zero-order valence-electron chi connectivity index (χ0n) is 12.6. The van der Waals surface area contributed by atoms with Gasteiger partial charge in [0.2, 0.25) is 0 Å². The number of amides is 1. The Hall–Kier alpha value is -3.15. The molecule has 0 saturated carbocycles. The van der Waals surface area contributed by atoms with E-state index in [1.54, 1.807) is 23.1 Å². The summed E-state index contributed by atoms with van der Waals surface area (Å²) in [7, 11) is 0. The Morgan fingerprint density at radius 1 is 1.22 bits per heavy atom. The summed E-state index contributed by atoms with van der Waals surface area (Å²) < 4.78 is 1.72. The lowest BCUT2D eigenvalue weighted by Gasteiger charge is -2.08. The number of carbonyl (C=O) groups is 1. The number of anilines is 1. The SMILES string of the molecule is Cc1ccc(O)c(C(=O)Nc2ccc(Cn3cncn3)cc2)c1. The minimum atomic E-state index is -0.338. The number of aryl methyl sites for hydroxylation is 1. The molecule has 6 heteroatoms. The zero-order valence-corrected chi connectivity index (χ0v) is 12.6. The summed E-state index contributed by atoms with van der Waals surface area (Å²) in [5.74, 6) is -0.369. The molecule has 0 spiro atoms. The molecule has 2 N–H and O–H groups in total. The average molecular weight is 308 g/mol. The van der Waals surface area contributed by atoms with Gasteiger partial charge in [-0.3, -0.25) is 4.79 Å². The number of benzene rings is 2. The van der Waals surface area contributed by atoms with E-state index in [1.165, 1.54) is 12.4 Å². The van der Waals surface area contributed by atoms with Crippen molar-refractivity contribution < 1.29 is 9.90 Å². The first kappa shape index (κ1) is 14.8. The minimum Gasteiger partial charge on any atom is -0.507 e. The summed E-state index contributed by atoms with van der Waals surface area (Å²) >= 11 is 0. The molecule has 0 bridgehead atoms. The molecule has 0 unspecified atom stereocenters. The van der Waals surface area contributed by atoms with Crippen LogP contribution < -0.4 is 5.32 Å². The lowest BCUT2D eigenvalue weighted by atomic mass is 10.1. The number of aromatic hydroxyl groups is 1. The second kappa shape index (κ2) is 6.31. The van der Waals surface area contributed by atoms with E-state index in [0.717, 1.165) is 11.1 Å². The molecule has 0 radical (unpaired) electrons. The van der Waals surface area contributed by atoms with Crippen LogP contribution in [0.1, 0.15) is 21.5 Å². The highest BCUT2D eigenvalue weighted by Crippen LogP contribution is 2.20. The van der Waals surface area contributed by atoms with E-state index in [2.05, 4.69) is 15.4 Å². The molecular formula is C17H16N4O2. The van der Waals surface area contributed by atoms with E-state index >= 15 is 0 Å². The molecule has 0 aliphatic rings. The molecule has 3 aromatic rings. The topological polar surface area (TPSA) is 80.0 Å². The number of carbonyl (C=O) groups excluding carboxylic acids is 1. The van der Waals surface area contributed by atoms with Gasteiger partial charge in [-0.25, -0.2) is 9.67 Å². The highest BCUT2D eigenvalue weighted by Gasteiger charge is 2.11. The fourth-order valence-electron chi connectivity index (χ4n) is 2.23. The van der Waals surface area contributed by atoms with Crippen LogP contribution in [0.5, 0.6) is 5.75 Å². The van der Waals surface area contributed by atoms with Crippen LogP contribution in [-0.2, 0) is 6.54 Å². The molecule has 1 aromatic heterocycles. The molecule has 0 atom stereocenters. The van der Waals surface area contributed by atoms with Gasteiger partial charge in [0.05, 0.1) is 12.1 Å². The van der Waals surface area contributed by atoms with Crippen molar-refractivity contribution in [1.82, 2.24) is 14.8 Å². The van der Waals surface area contributed by atoms with Crippen molar-refractivity contribution >= 4 is 11.6 Å². The van der Waals surface area contributed by atoms with Gasteiger partial charge in [-0.2, -0.15) is 5.10 Å². The van der Waals surface area contributed by atoms with E-state index in [0.29, 0.717) is 12.2 Å². The van der Waals surface area contributed by atoms with Crippen molar-refractivity contribution in [3.05, 3.63) is 71.8 Å². The average Bonchev–Trinajstić information content (AvgIpc) is 3.04. The van der Waals surface area contributed by atoms with Crippen molar-refractivity contribution in [3.63, 3.8) is 0 Å². The van der Waals surface area contributed by atoms with Crippen LogP contribution in [0.3, 0.4) is 0 Å². The highest BCUT2D eigenvalue weighted by atomic mass is 16.3. The third-order valence-electron chi connectivity index (χ3n) is 3.42. The van der Waals surface area contributed by atoms with Crippen molar-refractivity contribution in [2.75, 3.05) is 5.32 Å². The Balaban J connectivity index is 1.70. The van der Waals surface area contributed by atoms with Crippen LogP contribution in [0, 0.1) is 6.92 Å². The molecule has 0 aliphatic carbocycles. The van der Waals surface area contributed by atoms with Gasteiger partial charge < -0.3 is 10.4 Å². The number of aromatic nitrogens is 3. The summed E-state index contributed by atoms with van der Waals surface area (Å²) in [6, 6.07) is 12.4. The summed E-state index contributed by atoms with van der Waals surface area (Å²) in [4.78, 5) is 16.1. The minimum absolute atomic E-state index is 0.0316. The third kappa shape index (κ3) is 3.55. The first-order valence-corrected chi connectivity index (χ1v) is 7.14. The standard InChI is InChI=1S/C17H16N4O2/c1-12-2-7-16(22)15(8-12)17(23)20-14-5-3-13(4-6-14)9-21-11-18-10-19-21/h2-8,10-11,22H,9H2,1H3,(H,20,23). The summed E-state index contributed by atoms with van der Waals surface area (Å²) in [5, 5.41) is 16.6. The Bertz CT molecular complexity index is 811. The Morgan fingerprint density at radius 2 is 2.00 bits per heavy atom. The molecule has 3 rings (SSSR count). The van der Waals surface area contributed by atoms with E-state index in [9.17, 15) is 9.90 Å². The fraction of sp³-hybridized carbons (Fsp3) is 0.118. The Labute approximate surface area is 133 Å².